The molecule has 344 valence electrons. The lowest BCUT2D eigenvalue weighted by molar-refractivity contribution is 0.589. The number of anilines is 3. The summed E-state index contributed by atoms with van der Waals surface area (Å²) < 4.78 is 2.75. The van der Waals surface area contributed by atoms with Gasteiger partial charge in [-0.2, -0.15) is 0 Å². The normalized spacial score (nSPS) is 14.0. The Balaban J connectivity index is 1.13. The molecule has 0 bridgehead atoms. The molecule has 1 aromatic heterocycles. The van der Waals surface area contributed by atoms with Crippen LogP contribution in [0.4, 0.5) is 17.1 Å². The molecule has 8 aromatic carbocycles. The number of nitrogens with zero attached hydrogens (tertiary/aromatic N) is 1. The number of hydrogen-bond acceptors (Lipinski definition) is 2. The number of rotatable bonds is 6. The molecule has 1 heterocycles. The van der Waals surface area contributed by atoms with Gasteiger partial charge in [-0.1, -0.05) is 212 Å². The molecule has 1 aliphatic rings. The van der Waals surface area contributed by atoms with Crippen LogP contribution in [0.2, 0.25) is 0 Å². The van der Waals surface area contributed by atoms with E-state index in [0.29, 0.717) is 0 Å². The van der Waals surface area contributed by atoms with Crippen LogP contribution in [-0.2, 0) is 27.1 Å². The quantitative estimate of drug-likeness (QED) is 0.150. The molecule has 0 N–H and O–H groups in total. The Hall–Kier alpha value is -5.96. The van der Waals surface area contributed by atoms with Gasteiger partial charge in [-0.15, -0.1) is 11.3 Å². The van der Waals surface area contributed by atoms with Crippen LogP contribution >= 0.6 is 11.3 Å². The van der Waals surface area contributed by atoms with Crippen molar-refractivity contribution < 1.29 is 0 Å². The number of fused-ring (bicyclic) bond motifs is 9. The van der Waals surface area contributed by atoms with Gasteiger partial charge in [0.15, 0.2) is 0 Å². The molecule has 2 heteroatoms. The van der Waals surface area contributed by atoms with E-state index in [4.69, 9.17) is 0 Å². The molecule has 68 heavy (non-hydrogen) atoms. The third-order valence-electron chi connectivity index (χ3n) is 15.0. The lowest BCUT2D eigenvalue weighted by Crippen LogP contribution is -2.17. The average molecular weight is 908 g/mol. The molecular weight excluding hydrogens is 839 g/mol. The zero-order valence-electron chi connectivity index (χ0n) is 42.9. The van der Waals surface area contributed by atoms with E-state index in [2.05, 4.69) is 260 Å². The Kier molecular flexibility index (Phi) is 10.8. The van der Waals surface area contributed by atoms with Crippen LogP contribution in [-0.4, -0.2) is 0 Å². The van der Waals surface area contributed by atoms with Gasteiger partial charge < -0.3 is 4.90 Å². The summed E-state index contributed by atoms with van der Waals surface area (Å²) in [6.07, 6.45) is 0. The topological polar surface area (TPSA) is 3.24 Å². The van der Waals surface area contributed by atoms with Crippen molar-refractivity contribution in [1.82, 2.24) is 0 Å². The van der Waals surface area contributed by atoms with Crippen LogP contribution in [0.3, 0.4) is 0 Å². The molecule has 9 aromatic rings. The highest BCUT2D eigenvalue weighted by molar-refractivity contribution is 7.26. The predicted molar refractivity (Wildman–Crippen MR) is 298 cm³/mol. The standard InChI is InChI=1S/C66H69NS/c1-62(2,3)43-23-19-41(20-24-43)58(42-21-25-44(26-22-42)63(4,5)6)55-40-57-59(52-18-16-15-17-50(52)55)54-38-37-53-51-36-35-49(39-56(51)66(13,14)60(53)61(54)68-57)67(47-31-27-45(28-32-47)64(7,8)9)48-33-29-46(30-34-48)65(10,11)12/h15-40,58H,1-14H3. The van der Waals surface area contributed by atoms with Crippen LogP contribution < -0.4 is 4.90 Å². The molecule has 0 radical (unpaired) electrons. The Labute approximate surface area is 410 Å². The molecule has 0 spiro atoms. The van der Waals surface area contributed by atoms with Crippen LogP contribution in [0.5, 0.6) is 0 Å². The first kappa shape index (κ1) is 45.8. The molecule has 0 atom stereocenters. The second-order valence-electron chi connectivity index (χ2n) is 24.3. The summed E-state index contributed by atoms with van der Waals surface area (Å²) in [6.45, 7) is 32.5. The molecule has 10 rings (SSSR count). The number of hydrogen-bond donors (Lipinski definition) is 0. The predicted octanol–water partition coefficient (Wildman–Crippen LogP) is 19.4. The van der Waals surface area contributed by atoms with E-state index < -0.39 is 0 Å². The molecule has 0 fully saturated rings. The van der Waals surface area contributed by atoms with Crippen LogP contribution in [0, 0.1) is 0 Å². The molecule has 0 amide bonds. The first-order valence-electron chi connectivity index (χ1n) is 24.8. The number of benzene rings is 8. The lowest BCUT2D eigenvalue weighted by atomic mass is 9.79. The monoisotopic (exact) mass is 908 g/mol. The van der Waals surface area contributed by atoms with Crippen molar-refractivity contribution in [3.63, 3.8) is 0 Å². The summed E-state index contributed by atoms with van der Waals surface area (Å²) in [4.78, 5) is 2.45. The van der Waals surface area contributed by atoms with Crippen molar-refractivity contribution in [1.29, 1.82) is 0 Å². The Morgan fingerprint density at radius 3 is 1.32 bits per heavy atom. The van der Waals surface area contributed by atoms with E-state index >= 15 is 0 Å². The summed E-state index contributed by atoms with van der Waals surface area (Å²) in [7, 11) is 0. The highest BCUT2D eigenvalue weighted by atomic mass is 32.1. The maximum absolute atomic E-state index is 2.55. The minimum atomic E-state index is -0.232. The molecule has 0 aliphatic heterocycles. The summed E-state index contributed by atoms with van der Waals surface area (Å²) >= 11 is 1.99. The zero-order valence-corrected chi connectivity index (χ0v) is 43.8. The van der Waals surface area contributed by atoms with Gasteiger partial charge in [0.25, 0.3) is 0 Å². The van der Waals surface area contributed by atoms with Crippen molar-refractivity contribution in [2.75, 3.05) is 4.90 Å². The summed E-state index contributed by atoms with van der Waals surface area (Å²) in [5.74, 6) is 0.0691. The van der Waals surface area contributed by atoms with E-state index in [-0.39, 0.29) is 33.0 Å². The SMILES string of the molecule is CC(C)(C)c1ccc(C(c2ccc(C(C)(C)C)cc2)c2cc3sc4c5c(ccc4c3c3ccccc23)-c2ccc(N(c3ccc(C(C)(C)C)cc3)c3ccc(C(C)(C)C)cc3)cc2C5(C)C)cc1. The van der Waals surface area contributed by atoms with Gasteiger partial charge in [-0.05, 0) is 136 Å². The molecule has 1 nitrogen and oxygen atoms in total. The van der Waals surface area contributed by atoms with Crippen molar-refractivity contribution >= 4 is 59.3 Å². The van der Waals surface area contributed by atoms with E-state index in [1.807, 2.05) is 11.3 Å². The third-order valence-corrected chi connectivity index (χ3v) is 16.2. The van der Waals surface area contributed by atoms with Crippen molar-refractivity contribution in [2.24, 2.45) is 0 Å². The Morgan fingerprint density at radius 1 is 0.426 bits per heavy atom. The average Bonchev–Trinajstić information content (AvgIpc) is 3.77. The zero-order chi connectivity index (χ0) is 48.3. The fourth-order valence-electron chi connectivity index (χ4n) is 10.9. The number of thiophene rings is 1. The molecule has 0 saturated heterocycles. The van der Waals surface area contributed by atoms with Crippen LogP contribution in [0.1, 0.15) is 153 Å². The van der Waals surface area contributed by atoms with E-state index in [1.165, 1.54) is 97.8 Å². The van der Waals surface area contributed by atoms with E-state index in [0.717, 1.165) is 11.4 Å². The fourth-order valence-corrected chi connectivity index (χ4v) is 12.4. The van der Waals surface area contributed by atoms with Gasteiger partial charge in [0, 0.05) is 48.6 Å². The van der Waals surface area contributed by atoms with E-state index in [1.54, 1.807) is 0 Å². The molecule has 0 unspecified atom stereocenters. The third kappa shape index (κ3) is 7.87. The van der Waals surface area contributed by atoms with E-state index in [9.17, 15) is 0 Å². The highest BCUT2D eigenvalue weighted by Crippen LogP contribution is 2.56. The fraction of sp³-hybridized carbons (Fsp3) is 0.303. The van der Waals surface area contributed by atoms with Gasteiger partial charge in [0.2, 0.25) is 0 Å². The van der Waals surface area contributed by atoms with Gasteiger partial charge in [-0.25, -0.2) is 0 Å². The molecular formula is C66H69NS. The highest BCUT2D eigenvalue weighted by Gasteiger charge is 2.39. The smallest absolute Gasteiger partial charge is 0.0465 e. The first-order chi connectivity index (χ1) is 32.0. The Morgan fingerprint density at radius 2 is 0.853 bits per heavy atom. The van der Waals surface area contributed by atoms with Gasteiger partial charge in [0.05, 0.1) is 0 Å². The van der Waals surface area contributed by atoms with Crippen LogP contribution in [0.15, 0.2) is 158 Å². The largest absolute Gasteiger partial charge is 0.310 e. The van der Waals surface area contributed by atoms with Gasteiger partial charge >= 0.3 is 0 Å². The summed E-state index contributed by atoms with van der Waals surface area (Å²) in [5.41, 5.74) is 18.5. The second-order valence-corrected chi connectivity index (χ2v) is 25.4. The van der Waals surface area contributed by atoms with Gasteiger partial charge in [0.1, 0.15) is 0 Å². The lowest BCUT2D eigenvalue weighted by Gasteiger charge is -2.29. The maximum Gasteiger partial charge on any atom is 0.0465 e. The van der Waals surface area contributed by atoms with Crippen molar-refractivity contribution in [3.8, 4) is 11.1 Å². The summed E-state index contributed by atoms with van der Waals surface area (Å²) in [6, 6.07) is 61.2. The minimum absolute atomic E-state index is 0.0691. The minimum Gasteiger partial charge on any atom is -0.310 e. The van der Waals surface area contributed by atoms with Crippen molar-refractivity contribution in [2.45, 2.75) is 130 Å². The second kappa shape index (κ2) is 16.1. The van der Waals surface area contributed by atoms with Gasteiger partial charge in [-0.3, -0.25) is 0 Å². The Bertz CT molecular complexity index is 3240. The van der Waals surface area contributed by atoms with Crippen LogP contribution in [0.25, 0.3) is 42.1 Å². The summed E-state index contributed by atoms with van der Waals surface area (Å²) in [5, 5.41) is 5.37. The molecule has 1 aliphatic carbocycles. The first-order valence-corrected chi connectivity index (χ1v) is 25.6. The maximum atomic E-state index is 2.55. The molecule has 0 saturated carbocycles. The van der Waals surface area contributed by atoms with Crippen molar-refractivity contribution in [3.05, 3.63) is 208 Å².